The van der Waals surface area contributed by atoms with Gasteiger partial charge in [0.25, 0.3) is 0 Å². The summed E-state index contributed by atoms with van der Waals surface area (Å²) >= 11 is 0. The van der Waals surface area contributed by atoms with Crippen LogP contribution in [0.3, 0.4) is 0 Å². The Morgan fingerprint density at radius 1 is 1.50 bits per heavy atom. The topological polar surface area (TPSA) is 86.5 Å². The van der Waals surface area contributed by atoms with Crippen LogP contribution in [0.15, 0.2) is 12.1 Å². The van der Waals surface area contributed by atoms with E-state index in [-0.39, 0.29) is 22.7 Å². The van der Waals surface area contributed by atoms with E-state index in [1.54, 1.807) is 0 Å². The lowest BCUT2D eigenvalue weighted by atomic mass is 10.1. The molecule has 0 bridgehead atoms. The van der Waals surface area contributed by atoms with Crippen LogP contribution >= 0.6 is 0 Å². The van der Waals surface area contributed by atoms with Gasteiger partial charge in [-0.1, -0.05) is 0 Å². The number of nitro benzene ring substituents is 1. The van der Waals surface area contributed by atoms with Crippen LogP contribution in [0.4, 0.5) is 5.69 Å². The zero-order chi connectivity index (χ0) is 12.3. The molecule has 0 aromatic heterocycles. The second-order valence-corrected chi connectivity index (χ2v) is 3.02. The minimum Gasteiger partial charge on any atom is -0.490 e. The lowest BCUT2D eigenvalue weighted by molar-refractivity contribution is -0.386. The van der Waals surface area contributed by atoms with Crippen LogP contribution in [0.25, 0.3) is 0 Å². The standard InChI is InChI=1S/C10H9NO5/c1-6(13)8-4-3-7(5-12)9(11(14)15)10(8)16-2/h3-5H,1-2H3. The minimum absolute atomic E-state index is 0.0831. The molecule has 0 atom stereocenters. The van der Waals surface area contributed by atoms with Crippen molar-refractivity contribution in [2.75, 3.05) is 7.11 Å². The number of ketones is 1. The van der Waals surface area contributed by atoms with Crippen molar-refractivity contribution in [2.24, 2.45) is 0 Å². The van der Waals surface area contributed by atoms with Gasteiger partial charge in [0.15, 0.2) is 12.1 Å². The number of methoxy groups -OCH3 is 1. The Labute approximate surface area is 91.0 Å². The van der Waals surface area contributed by atoms with Crippen LogP contribution in [0.5, 0.6) is 5.75 Å². The normalized spacial score (nSPS) is 9.62. The van der Waals surface area contributed by atoms with Crippen LogP contribution in [-0.2, 0) is 0 Å². The molecule has 0 aliphatic rings. The number of nitrogens with zero attached hydrogens (tertiary/aromatic N) is 1. The minimum atomic E-state index is -0.741. The molecule has 0 saturated carbocycles. The second-order valence-electron chi connectivity index (χ2n) is 3.02. The van der Waals surface area contributed by atoms with E-state index in [2.05, 4.69) is 0 Å². The first kappa shape index (κ1) is 11.8. The van der Waals surface area contributed by atoms with Crippen LogP contribution in [-0.4, -0.2) is 24.1 Å². The number of aldehydes is 1. The molecule has 0 saturated heterocycles. The van der Waals surface area contributed by atoms with Gasteiger partial charge in [-0.05, 0) is 19.1 Å². The fraction of sp³-hybridized carbons (Fsp3) is 0.200. The van der Waals surface area contributed by atoms with Gasteiger partial charge in [0.2, 0.25) is 5.75 Å². The van der Waals surface area contributed by atoms with Gasteiger partial charge in [-0.15, -0.1) is 0 Å². The first-order chi connectivity index (χ1) is 7.52. The molecule has 0 aliphatic carbocycles. The van der Waals surface area contributed by atoms with Gasteiger partial charge in [-0.25, -0.2) is 0 Å². The van der Waals surface area contributed by atoms with Crippen molar-refractivity contribution < 1.29 is 19.2 Å². The summed E-state index contributed by atoms with van der Waals surface area (Å²) in [6.45, 7) is 1.27. The summed E-state index contributed by atoms with van der Waals surface area (Å²) in [6.07, 6.45) is 0.352. The molecule has 0 heterocycles. The average molecular weight is 223 g/mol. The van der Waals surface area contributed by atoms with Crippen LogP contribution in [0.2, 0.25) is 0 Å². The van der Waals surface area contributed by atoms with Gasteiger partial charge >= 0.3 is 5.69 Å². The monoisotopic (exact) mass is 223 g/mol. The van der Waals surface area contributed by atoms with E-state index in [4.69, 9.17) is 4.74 Å². The average Bonchev–Trinajstić information content (AvgIpc) is 2.26. The third-order valence-electron chi connectivity index (χ3n) is 2.06. The van der Waals surface area contributed by atoms with Crippen molar-refractivity contribution in [3.63, 3.8) is 0 Å². The third kappa shape index (κ3) is 1.90. The SMILES string of the molecule is COc1c(C(C)=O)ccc(C=O)c1[N+](=O)[O-]. The molecule has 0 N–H and O–H groups in total. The van der Waals surface area contributed by atoms with E-state index in [9.17, 15) is 19.7 Å². The number of carbonyl (C=O) groups excluding carboxylic acids is 2. The summed E-state index contributed by atoms with van der Waals surface area (Å²) in [5.41, 5.74) is -0.517. The van der Waals surface area contributed by atoms with Crippen molar-refractivity contribution in [1.82, 2.24) is 0 Å². The number of benzene rings is 1. The van der Waals surface area contributed by atoms with Crippen molar-refractivity contribution in [1.29, 1.82) is 0 Å². The molecule has 6 nitrogen and oxygen atoms in total. The van der Waals surface area contributed by atoms with E-state index in [0.717, 1.165) is 0 Å². The first-order valence-corrected chi connectivity index (χ1v) is 4.34. The maximum Gasteiger partial charge on any atom is 0.322 e. The van der Waals surface area contributed by atoms with Crippen LogP contribution < -0.4 is 4.74 Å². The molecular weight excluding hydrogens is 214 g/mol. The third-order valence-corrected chi connectivity index (χ3v) is 2.06. The maximum absolute atomic E-state index is 11.2. The highest BCUT2D eigenvalue weighted by Gasteiger charge is 2.25. The van der Waals surface area contributed by atoms with E-state index >= 15 is 0 Å². The van der Waals surface area contributed by atoms with E-state index in [1.165, 1.54) is 26.2 Å². The van der Waals surface area contributed by atoms with Crippen molar-refractivity contribution in [3.05, 3.63) is 33.4 Å². The molecule has 1 aromatic carbocycles. The van der Waals surface area contributed by atoms with Crippen molar-refractivity contribution in [2.45, 2.75) is 6.92 Å². The number of ether oxygens (including phenoxy) is 1. The van der Waals surface area contributed by atoms with E-state index in [0.29, 0.717) is 6.29 Å². The molecule has 0 amide bonds. The molecular formula is C10H9NO5. The number of hydrogen-bond acceptors (Lipinski definition) is 5. The lowest BCUT2D eigenvalue weighted by Gasteiger charge is -2.07. The second kappa shape index (κ2) is 4.52. The van der Waals surface area contributed by atoms with Crippen molar-refractivity contribution >= 4 is 17.8 Å². The summed E-state index contributed by atoms with van der Waals surface area (Å²) in [5, 5.41) is 10.8. The Bertz CT molecular complexity index is 467. The Hall–Kier alpha value is -2.24. The summed E-state index contributed by atoms with van der Waals surface area (Å²) in [5.74, 6) is -0.542. The highest BCUT2D eigenvalue weighted by molar-refractivity contribution is 6.00. The van der Waals surface area contributed by atoms with Gasteiger partial charge in [0.1, 0.15) is 0 Å². The molecule has 1 aromatic rings. The summed E-state index contributed by atoms with van der Waals surface area (Å²) in [6, 6.07) is 2.56. The highest BCUT2D eigenvalue weighted by Crippen LogP contribution is 2.33. The van der Waals surface area contributed by atoms with Crippen LogP contribution in [0, 0.1) is 10.1 Å². The predicted molar refractivity (Wildman–Crippen MR) is 55.0 cm³/mol. The van der Waals surface area contributed by atoms with Crippen LogP contribution in [0.1, 0.15) is 27.6 Å². The molecule has 84 valence electrons. The summed E-state index contributed by atoms with van der Waals surface area (Å²) in [4.78, 5) is 31.9. The highest BCUT2D eigenvalue weighted by atomic mass is 16.6. The summed E-state index contributed by atoms with van der Waals surface area (Å²) in [7, 11) is 1.21. The molecule has 0 aliphatic heterocycles. The van der Waals surface area contributed by atoms with Crippen molar-refractivity contribution in [3.8, 4) is 5.75 Å². The fourth-order valence-corrected chi connectivity index (χ4v) is 1.35. The largest absolute Gasteiger partial charge is 0.490 e. The number of Topliss-reactive ketones (excluding diaryl/α,β-unsaturated/α-hetero) is 1. The van der Waals surface area contributed by atoms with Gasteiger partial charge in [-0.2, -0.15) is 0 Å². The smallest absolute Gasteiger partial charge is 0.322 e. The van der Waals surface area contributed by atoms with Gasteiger partial charge in [-0.3, -0.25) is 19.7 Å². The quantitative estimate of drug-likeness (QED) is 0.335. The summed E-state index contributed by atoms with van der Waals surface area (Å²) < 4.78 is 4.82. The maximum atomic E-state index is 11.2. The Morgan fingerprint density at radius 3 is 2.50 bits per heavy atom. The number of rotatable bonds is 4. The van der Waals surface area contributed by atoms with Gasteiger partial charge in [0, 0.05) is 0 Å². The predicted octanol–water partition coefficient (Wildman–Crippen LogP) is 1.62. The molecule has 0 spiro atoms. The zero-order valence-corrected chi connectivity index (χ0v) is 8.72. The molecule has 0 unspecified atom stereocenters. The molecule has 6 heteroatoms. The fourth-order valence-electron chi connectivity index (χ4n) is 1.35. The van der Waals surface area contributed by atoms with E-state index < -0.39 is 10.6 Å². The molecule has 16 heavy (non-hydrogen) atoms. The molecule has 0 radical (unpaired) electrons. The number of carbonyl (C=O) groups is 2. The van der Waals surface area contributed by atoms with Gasteiger partial charge < -0.3 is 4.74 Å². The first-order valence-electron chi connectivity index (χ1n) is 4.34. The zero-order valence-electron chi connectivity index (χ0n) is 8.72. The molecule has 1 rings (SSSR count). The van der Waals surface area contributed by atoms with E-state index in [1.807, 2.05) is 0 Å². The Morgan fingerprint density at radius 2 is 2.12 bits per heavy atom. The molecule has 0 fully saturated rings. The lowest BCUT2D eigenvalue weighted by Crippen LogP contribution is -2.04. The van der Waals surface area contributed by atoms with Gasteiger partial charge in [0.05, 0.1) is 23.2 Å². The number of hydrogen-bond donors (Lipinski definition) is 0. The Kier molecular flexibility index (Phi) is 3.34. The number of nitro groups is 1. The Balaban J connectivity index is 3.62.